The lowest BCUT2D eigenvalue weighted by Crippen LogP contribution is -2.12. The zero-order chi connectivity index (χ0) is 11.1. The topological polar surface area (TPSA) is 91.9 Å². The van der Waals surface area contributed by atoms with Gasteiger partial charge >= 0.3 is 7.60 Å². The van der Waals surface area contributed by atoms with Gasteiger partial charge in [-0.05, 0) is 0 Å². The first-order valence-corrected chi connectivity index (χ1v) is 6.64. The van der Waals surface area contributed by atoms with Gasteiger partial charge < -0.3 is 9.79 Å². The van der Waals surface area contributed by atoms with Crippen molar-refractivity contribution in [3.63, 3.8) is 0 Å². The largest absolute Gasteiger partial charge is 0.331 e. The Morgan fingerprint density at radius 2 is 2.27 bits per heavy atom. The second-order valence-electron chi connectivity index (χ2n) is 2.96. The summed E-state index contributed by atoms with van der Waals surface area (Å²) in [6.45, 7) is 0. The van der Waals surface area contributed by atoms with E-state index < -0.39 is 13.8 Å². The van der Waals surface area contributed by atoms with E-state index in [1.165, 1.54) is 15.7 Å². The van der Waals surface area contributed by atoms with Gasteiger partial charge in [-0.3, -0.25) is 13.8 Å². The molecular formula is C7H7N2O4PS. The van der Waals surface area contributed by atoms with Gasteiger partial charge in [-0.15, -0.1) is 11.3 Å². The summed E-state index contributed by atoms with van der Waals surface area (Å²) in [7, 11) is -4.17. The molecule has 0 saturated carbocycles. The minimum absolute atomic E-state index is 0.121. The van der Waals surface area contributed by atoms with E-state index in [0.29, 0.717) is 4.96 Å². The predicted octanol–water partition coefficient (Wildman–Crippen LogP) is 0.434. The van der Waals surface area contributed by atoms with E-state index in [9.17, 15) is 9.36 Å². The smallest absolute Gasteiger partial charge is 0.324 e. The Morgan fingerprint density at radius 1 is 1.53 bits per heavy atom. The van der Waals surface area contributed by atoms with Crippen molar-refractivity contribution in [3.8, 4) is 0 Å². The Hall–Kier alpha value is -1.01. The van der Waals surface area contributed by atoms with Gasteiger partial charge in [0.2, 0.25) is 0 Å². The molecule has 0 aliphatic heterocycles. The summed E-state index contributed by atoms with van der Waals surface area (Å²) in [6, 6.07) is 1.14. The van der Waals surface area contributed by atoms with Gasteiger partial charge in [0, 0.05) is 17.6 Å². The molecule has 0 aliphatic rings. The second-order valence-corrected chi connectivity index (χ2v) is 5.48. The fourth-order valence-electron chi connectivity index (χ4n) is 1.18. The van der Waals surface area contributed by atoms with Gasteiger partial charge in [0.25, 0.3) is 5.56 Å². The van der Waals surface area contributed by atoms with Crippen LogP contribution in [0, 0.1) is 0 Å². The zero-order valence-electron chi connectivity index (χ0n) is 7.40. The van der Waals surface area contributed by atoms with Crippen LogP contribution < -0.4 is 5.56 Å². The van der Waals surface area contributed by atoms with Crippen molar-refractivity contribution in [2.75, 3.05) is 0 Å². The molecule has 0 aliphatic carbocycles. The lowest BCUT2D eigenvalue weighted by atomic mass is 10.4. The molecule has 2 aromatic heterocycles. The van der Waals surface area contributed by atoms with Crippen molar-refractivity contribution in [2.45, 2.75) is 6.16 Å². The Bertz CT molecular complexity index is 598. The lowest BCUT2D eigenvalue weighted by molar-refractivity contribution is 0.371. The summed E-state index contributed by atoms with van der Waals surface area (Å²) in [5, 5.41) is 1.69. The van der Waals surface area contributed by atoms with E-state index in [-0.39, 0.29) is 11.3 Å². The third kappa shape index (κ3) is 2.32. The SMILES string of the molecule is O=c1cc(CP(=O)(O)O)nc2sccn12. The van der Waals surface area contributed by atoms with Gasteiger partial charge in [-0.1, -0.05) is 0 Å². The first kappa shape index (κ1) is 10.5. The van der Waals surface area contributed by atoms with Crippen LogP contribution >= 0.6 is 18.9 Å². The fourth-order valence-corrected chi connectivity index (χ4v) is 2.50. The van der Waals surface area contributed by atoms with E-state index in [2.05, 4.69) is 4.98 Å². The Morgan fingerprint density at radius 3 is 2.93 bits per heavy atom. The van der Waals surface area contributed by atoms with Crippen molar-refractivity contribution in [2.24, 2.45) is 0 Å². The van der Waals surface area contributed by atoms with E-state index in [1.807, 2.05) is 0 Å². The molecule has 0 fully saturated rings. The number of fused-ring (bicyclic) bond motifs is 1. The molecule has 0 spiro atoms. The second kappa shape index (κ2) is 3.53. The number of hydrogen-bond acceptors (Lipinski definition) is 4. The highest BCUT2D eigenvalue weighted by Crippen LogP contribution is 2.38. The Labute approximate surface area is 88.0 Å². The fraction of sp³-hybridized carbons (Fsp3) is 0.143. The highest BCUT2D eigenvalue weighted by Gasteiger charge is 2.16. The molecule has 2 rings (SSSR count). The van der Waals surface area contributed by atoms with Crippen LogP contribution in [-0.2, 0) is 10.7 Å². The number of aromatic nitrogens is 2. The van der Waals surface area contributed by atoms with Gasteiger partial charge in [0.15, 0.2) is 4.96 Å². The Kier molecular flexibility index (Phi) is 2.47. The number of rotatable bonds is 2. The molecule has 8 heteroatoms. The molecule has 0 amide bonds. The molecule has 2 heterocycles. The summed E-state index contributed by atoms with van der Waals surface area (Å²) in [5.74, 6) is 0. The van der Waals surface area contributed by atoms with Crippen LogP contribution in [0.15, 0.2) is 22.4 Å². The van der Waals surface area contributed by atoms with Crippen molar-refractivity contribution >= 4 is 23.9 Å². The molecule has 6 nitrogen and oxygen atoms in total. The van der Waals surface area contributed by atoms with E-state index in [4.69, 9.17) is 9.79 Å². The predicted molar refractivity (Wildman–Crippen MR) is 55.1 cm³/mol. The monoisotopic (exact) mass is 246 g/mol. The van der Waals surface area contributed by atoms with Gasteiger partial charge in [-0.2, -0.15) is 0 Å². The van der Waals surface area contributed by atoms with Crippen molar-refractivity contribution in [1.82, 2.24) is 9.38 Å². The zero-order valence-corrected chi connectivity index (χ0v) is 9.11. The van der Waals surface area contributed by atoms with E-state index >= 15 is 0 Å². The third-order valence-corrected chi connectivity index (χ3v) is 3.22. The van der Waals surface area contributed by atoms with Crippen LogP contribution in [0.2, 0.25) is 0 Å². The van der Waals surface area contributed by atoms with Crippen molar-refractivity contribution < 1.29 is 14.4 Å². The highest BCUT2D eigenvalue weighted by molar-refractivity contribution is 7.50. The normalized spacial score (nSPS) is 12.1. The molecule has 0 unspecified atom stereocenters. The molecule has 0 aromatic carbocycles. The molecule has 15 heavy (non-hydrogen) atoms. The molecule has 0 radical (unpaired) electrons. The van der Waals surface area contributed by atoms with Gasteiger partial charge in [0.1, 0.15) is 0 Å². The minimum atomic E-state index is -4.17. The molecule has 0 atom stereocenters. The molecule has 0 saturated heterocycles. The third-order valence-electron chi connectivity index (χ3n) is 1.72. The summed E-state index contributed by atoms with van der Waals surface area (Å²) in [6.07, 6.45) is 1.06. The average molecular weight is 246 g/mol. The van der Waals surface area contributed by atoms with Crippen molar-refractivity contribution in [1.29, 1.82) is 0 Å². The number of hydrogen-bond donors (Lipinski definition) is 2. The molecule has 0 bridgehead atoms. The van der Waals surface area contributed by atoms with E-state index in [0.717, 1.165) is 6.07 Å². The maximum atomic E-state index is 11.4. The maximum Gasteiger partial charge on any atom is 0.331 e. The maximum absolute atomic E-state index is 11.4. The molecule has 80 valence electrons. The standard InChI is InChI=1S/C7H7N2O4PS/c10-6-3-5(4-14(11,12)13)8-7-9(6)1-2-15-7/h1-3H,4H2,(H2,11,12,13). The molecule has 2 aromatic rings. The van der Waals surface area contributed by atoms with Crippen LogP contribution in [0.4, 0.5) is 0 Å². The summed E-state index contributed by atoms with van der Waals surface area (Å²) >= 11 is 1.24. The van der Waals surface area contributed by atoms with Crippen LogP contribution in [0.25, 0.3) is 4.96 Å². The Balaban J connectivity index is 2.55. The summed E-state index contributed by atoms with van der Waals surface area (Å²) in [4.78, 5) is 33.3. The molecular weight excluding hydrogens is 239 g/mol. The number of nitrogens with zero attached hydrogens (tertiary/aromatic N) is 2. The highest BCUT2D eigenvalue weighted by atomic mass is 32.1. The lowest BCUT2D eigenvalue weighted by Gasteiger charge is -2.02. The minimum Gasteiger partial charge on any atom is -0.324 e. The average Bonchev–Trinajstić information content (AvgIpc) is 2.48. The van der Waals surface area contributed by atoms with Crippen LogP contribution in [-0.4, -0.2) is 19.2 Å². The number of thiazole rings is 1. The van der Waals surface area contributed by atoms with Crippen LogP contribution in [0.1, 0.15) is 5.69 Å². The van der Waals surface area contributed by atoms with Crippen molar-refractivity contribution in [3.05, 3.63) is 33.7 Å². The first-order valence-electron chi connectivity index (χ1n) is 3.96. The first-order chi connectivity index (χ1) is 6.96. The van der Waals surface area contributed by atoms with Gasteiger partial charge in [-0.25, -0.2) is 4.98 Å². The van der Waals surface area contributed by atoms with Crippen LogP contribution in [0.5, 0.6) is 0 Å². The van der Waals surface area contributed by atoms with Crippen LogP contribution in [0.3, 0.4) is 0 Å². The quantitative estimate of drug-likeness (QED) is 0.750. The summed E-state index contributed by atoms with van der Waals surface area (Å²) < 4.78 is 12.1. The van der Waals surface area contributed by atoms with E-state index in [1.54, 1.807) is 11.6 Å². The van der Waals surface area contributed by atoms with Gasteiger partial charge in [0.05, 0.1) is 11.9 Å². The summed E-state index contributed by atoms with van der Waals surface area (Å²) in [5.41, 5.74) is -0.208. The molecule has 2 N–H and O–H groups in total.